The van der Waals surface area contributed by atoms with Crippen LogP contribution in [0, 0.1) is 0 Å². The molecule has 0 saturated heterocycles. The molecule has 0 fully saturated rings. The average Bonchev–Trinajstić information content (AvgIpc) is 2.49. The molecule has 0 amide bonds. The number of hydrogen-bond donors (Lipinski definition) is 1. The van der Waals surface area contributed by atoms with Gasteiger partial charge in [-0.1, -0.05) is 27.5 Å². The summed E-state index contributed by atoms with van der Waals surface area (Å²) in [4.78, 5) is 11.6. The molecule has 2 rings (SSSR count). The zero-order chi connectivity index (χ0) is 16.3. The third kappa shape index (κ3) is 3.79. The Labute approximate surface area is 141 Å². The van der Waals surface area contributed by atoms with Gasteiger partial charge >= 0.3 is 5.97 Å². The van der Waals surface area contributed by atoms with Gasteiger partial charge in [-0.15, -0.1) is 0 Å². The van der Waals surface area contributed by atoms with Gasteiger partial charge in [-0.3, -0.25) is 4.72 Å². The third-order valence-corrected chi connectivity index (χ3v) is 5.00. The average molecular weight is 405 g/mol. The monoisotopic (exact) mass is 403 g/mol. The summed E-state index contributed by atoms with van der Waals surface area (Å²) in [5.41, 5.74) is 0.299. The maximum Gasteiger partial charge on any atom is 0.337 e. The molecule has 2 aromatic carbocycles. The highest BCUT2D eigenvalue weighted by molar-refractivity contribution is 9.10. The standard InChI is InChI=1S/C14H11BrClNO4S/c1-21-14(18)9-2-7-12(16)13(8-9)17-22(19,20)11-5-3-10(15)4-6-11/h2-8,17H,1H3. The molecular formula is C14H11BrClNO4S. The lowest BCUT2D eigenvalue weighted by Crippen LogP contribution is -2.14. The van der Waals surface area contributed by atoms with Crippen LogP contribution < -0.4 is 4.72 Å². The van der Waals surface area contributed by atoms with E-state index < -0.39 is 16.0 Å². The molecule has 2 aromatic rings. The van der Waals surface area contributed by atoms with Gasteiger partial charge in [0.15, 0.2) is 0 Å². The highest BCUT2D eigenvalue weighted by atomic mass is 79.9. The topological polar surface area (TPSA) is 72.5 Å². The van der Waals surface area contributed by atoms with Gasteiger partial charge in [-0.2, -0.15) is 0 Å². The van der Waals surface area contributed by atoms with E-state index in [1.165, 1.54) is 37.4 Å². The summed E-state index contributed by atoms with van der Waals surface area (Å²) in [6.07, 6.45) is 0. The number of ether oxygens (including phenoxy) is 1. The van der Waals surface area contributed by atoms with Crippen LogP contribution in [0.15, 0.2) is 51.8 Å². The number of halogens is 2. The molecule has 22 heavy (non-hydrogen) atoms. The lowest BCUT2D eigenvalue weighted by Gasteiger charge is -2.11. The fourth-order valence-electron chi connectivity index (χ4n) is 1.67. The maximum atomic E-state index is 12.3. The molecule has 0 saturated carbocycles. The molecule has 0 atom stereocenters. The van der Waals surface area contributed by atoms with Crippen LogP contribution in [0.1, 0.15) is 10.4 Å². The molecule has 8 heteroatoms. The van der Waals surface area contributed by atoms with Gasteiger partial charge < -0.3 is 4.74 Å². The van der Waals surface area contributed by atoms with Crippen molar-refractivity contribution in [3.8, 4) is 0 Å². The Bertz CT molecular complexity index is 806. The summed E-state index contributed by atoms with van der Waals surface area (Å²) >= 11 is 9.21. The van der Waals surface area contributed by atoms with Crippen LogP contribution >= 0.6 is 27.5 Å². The van der Waals surface area contributed by atoms with E-state index in [4.69, 9.17) is 11.6 Å². The van der Waals surface area contributed by atoms with Crippen molar-refractivity contribution in [3.63, 3.8) is 0 Å². The maximum absolute atomic E-state index is 12.3. The summed E-state index contributed by atoms with van der Waals surface area (Å²) in [5, 5.41) is 0.174. The first-order chi connectivity index (χ1) is 10.3. The number of sulfonamides is 1. The first-order valence-electron chi connectivity index (χ1n) is 6.00. The van der Waals surface area contributed by atoms with Gasteiger partial charge in [0.1, 0.15) is 0 Å². The van der Waals surface area contributed by atoms with Gasteiger partial charge in [0, 0.05) is 4.47 Å². The van der Waals surface area contributed by atoms with Gasteiger partial charge in [-0.05, 0) is 42.5 Å². The second-order valence-electron chi connectivity index (χ2n) is 4.25. The van der Waals surface area contributed by atoms with E-state index in [1.54, 1.807) is 12.1 Å². The Hall–Kier alpha value is -1.57. The minimum atomic E-state index is -3.81. The number of carbonyl (C=O) groups excluding carboxylic acids is 1. The molecular weight excluding hydrogens is 394 g/mol. The molecule has 0 aliphatic heterocycles. The molecule has 1 N–H and O–H groups in total. The quantitative estimate of drug-likeness (QED) is 0.789. The van der Waals surface area contributed by atoms with E-state index in [2.05, 4.69) is 25.4 Å². The first kappa shape index (κ1) is 16.8. The second kappa shape index (κ2) is 6.68. The number of carbonyl (C=O) groups is 1. The summed E-state index contributed by atoms with van der Waals surface area (Å²) in [6.45, 7) is 0. The fraction of sp³-hybridized carbons (Fsp3) is 0.0714. The summed E-state index contributed by atoms with van der Waals surface area (Å²) < 4.78 is 32.3. The molecule has 116 valence electrons. The molecule has 5 nitrogen and oxygen atoms in total. The smallest absolute Gasteiger partial charge is 0.337 e. The SMILES string of the molecule is COC(=O)c1ccc(Cl)c(NS(=O)(=O)c2ccc(Br)cc2)c1. The Morgan fingerprint density at radius 2 is 1.82 bits per heavy atom. The van der Waals surface area contributed by atoms with Crippen molar-refractivity contribution in [1.29, 1.82) is 0 Å². The lowest BCUT2D eigenvalue weighted by atomic mass is 10.2. The summed E-state index contributed by atoms with van der Waals surface area (Å²) in [7, 11) is -2.57. The Morgan fingerprint density at radius 3 is 2.41 bits per heavy atom. The summed E-state index contributed by atoms with van der Waals surface area (Å²) in [6, 6.07) is 10.3. The van der Waals surface area contributed by atoms with Crippen LogP contribution in [0.25, 0.3) is 0 Å². The Morgan fingerprint density at radius 1 is 1.18 bits per heavy atom. The fourth-order valence-corrected chi connectivity index (χ4v) is 3.22. The van der Waals surface area contributed by atoms with E-state index in [9.17, 15) is 13.2 Å². The minimum Gasteiger partial charge on any atom is -0.465 e. The Balaban J connectivity index is 2.37. The first-order valence-corrected chi connectivity index (χ1v) is 8.65. The highest BCUT2D eigenvalue weighted by Gasteiger charge is 2.17. The largest absolute Gasteiger partial charge is 0.465 e. The normalized spacial score (nSPS) is 11.0. The number of hydrogen-bond acceptors (Lipinski definition) is 4. The van der Waals surface area contributed by atoms with Crippen molar-refractivity contribution in [3.05, 3.63) is 57.5 Å². The van der Waals surface area contributed by atoms with Crippen LogP contribution in [0.3, 0.4) is 0 Å². The second-order valence-corrected chi connectivity index (χ2v) is 7.25. The molecule has 0 unspecified atom stereocenters. The number of esters is 1. The Kier molecular flexibility index (Phi) is 5.10. The van der Waals surface area contributed by atoms with Gasteiger partial charge in [0.05, 0.1) is 28.3 Å². The van der Waals surface area contributed by atoms with Crippen LogP contribution in [0.4, 0.5) is 5.69 Å². The molecule has 0 heterocycles. The number of benzene rings is 2. The van der Waals surface area contributed by atoms with Crippen LogP contribution in [0.2, 0.25) is 5.02 Å². The highest BCUT2D eigenvalue weighted by Crippen LogP contribution is 2.26. The van der Waals surface area contributed by atoms with Crippen molar-refractivity contribution >= 4 is 49.2 Å². The molecule has 0 aromatic heterocycles. The molecule has 0 radical (unpaired) electrons. The van der Waals surface area contributed by atoms with E-state index >= 15 is 0 Å². The zero-order valence-electron chi connectivity index (χ0n) is 11.3. The zero-order valence-corrected chi connectivity index (χ0v) is 14.5. The van der Waals surface area contributed by atoms with Crippen LogP contribution in [-0.2, 0) is 14.8 Å². The van der Waals surface area contributed by atoms with Gasteiger partial charge in [0.25, 0.3) is 10.0 Å². The predicted molar refractivity (Wildman–Crippen MR) is 87.7 cm³/mol. The van der Waals surface area contributed by atoms with E-state index in [-0.39, 0.29) is 21.2 Å². The predicted octanol–water partition coefficient (Wildman–Crippen LogP) is 3.69. The number of rotatable bonds is 4. The van der Waals surface area contributed by atoms with Crippen molar-refractivity contribution < 1.29 is 17.9 Å². The lowest BCUT2D eigenvalue weighted by molar-refractivity contribution is 0.0601. The molecule has 0 bridgehead atoms. The van der Waals surface area contributed by atoms with Gasteiger partial charge in [0.2, 0.25) is 0 Å². The number of methoxy groups -OCH3 is 1. The van der Waals surface area contributed by atoms with E-state index in [0.29, 0.717) is 0 Å². The molecule has 0 spiro atoms. The number of nitrogens with one attached hydrogen (secondary N) is 1. The summed E-state index contributed by atoms with van der Waals surface area (Å²) in [5.74, 6) is -0.583. The third-order valence-electron chi connectivity index (χ3n) is 2.76. The minimum absolute atomic E-state index is 0.0789. The van der Waals surface area contributed by atoms with Gasteiger partial charge in [-0.25, -0.2) is 13.2 Å². The van der Waals surface area contributed by atoms with E-state index in [1.807, 2.05) is 0 Å². The molecule has 0 aliphatic rings. The van der Waals surface area contributed by atoms with Crippen LogP contribution in [0.5, 0.6) is 0 Å². The van der Waals surface area contributed by atoms with Crippen LogP contribution in [-0.4, -0.2) is 21.5 Å². The van der Waals surface area contributed by atoms with Crippen molar-refractivity contribution in [2.45, 2.75) is 4.90 Å². The van der Waals surface area contributed by atoms with Crippen molar-refractivity contribution in [2.75, 3.05) is 11.8 Å². The number of anilines is 1. The molecule has 0 aliphatic carbocycles. The van der Waals surface area contributed by atoms with E-state index in [0.717, 1.165) is 4.47 Å². The van der Waals surface area contributed by atoms with Crippen molar-refractivity contribution in [1.82, 2.24) is 0 Å². The van der Waals surface area contributed by atoms with Crippen molar-refractivity contribution in [2.24, 2.45) is 0 Å².